The van der Waals surface area contributed by atoms with Crippen LogP contribution in [0.15, 0.2) is 24.2 Å². The summed E-state index contributed by atoms with van der Waals surface area (Å²) in [6.45, 7) is 14.1. The molecule has 106 valence electrons. The van der Waals surface area contributed by atoms with Crippen molar-refractivity contribution in [2.24, 2.45) is 0 Å². The summed E-state index contributed by atoms with van der Waals surface area (Å²) in [6, 6.07) is 0. The Hall–Kier alpha value is -0.353. The zero-order chi connectivity index (χ0) is 14.2. The Morgan fingerprint density at radius 1 is 1.22 bits per heavy atom. The Bertz CT molecular complexity index is 323. The third-order valence-electron chi connectivity index (χ3n) is 1.85. The third-order valence-corrected chi connectivity index (χ3v) is 4.86. The lowest BCUT2D eigenvalue weighted by atomic mass is 10.4. The van der Waals surface area contributed by atoms with Crippen LogP contribution in [0.5, 0.6) is 0 Å². The van der Waals surface area contributed by atoms with Gasteiger partial charge in [0.2, 0.25) is 8.32 Å². The first kappa shape index (κ1) is 17.6. The quantitative estimate of drug-likeness (QED) is 0.271. The van der Waals surface area contributed by atoms with Crippen LogP contribution in [0.2, 0.25) is 19.6 Å². The first-order chi connectivity index (χ1) is 8.29. The minimum absolute atomic E-state index is 0.332. The topological polar surface area (TPSA) is 44.8 Å². The number of hydrogen-bond donors (Lipinski definition) is 0. The lowest BCUT2D eigenvalue weighted by Gasteiger charge is -2.22. The van der Waals surface area contributed by atoms with E-state index in [0.717, 1.165) is 0 Å². The molecule has 0 heterocycles. The minimum Gasteiger partial charge on any atom is -0.549 e. The van der Waals surface area contributed by atoms with E-state index >= 15 is 0 Å². The molecule has 0 radical (unpaired) electrons. The molecular weight excluding hydrogens is 267 g/mol. The zero-order valence-electron chi connectivity index (χ0n) is 12.1. The third kappa shape index (κ3) is 6.54. The van der Waals surface area contributed by atoms with Crippen molar-refractivity contribution in [3.8, 4) is 0 Å². The fraction of sp³-hybridized carbons (Fsp3) is 0.667. The van der Waals surface area contributed by atoms with Gasteiger partial charge in [0, 0.05) is 6.42 Å². The molecule has 0 saturated carbocycles. The van der Waals surface area contributed by atoms with Gasteiger partial charge in [-0.25, -0.2) is 0 Å². The van der Waals surface area contributed by atoms with Crippen molar-refractivity contribution in [2.75, 3.05) is 13.2 Å². The summed E-state index contributed by atoms with van der Waals surface area (Å²) in [5, 5.41) is 0.531. The molecule has 0 aromatic carbocycles. The van der Waals surface area contributed by atoms with Crippen LogP contribution in [-0.4, -0.2) is 21.5 Å². The van der Waals surface area contributed by atoms with Crippen LogP contribution in [0.25, 0.3) is 0 Å². The average Bonchev–Trinajstić information content (AvgIpc) is 2.23. The molecule has 0 bridgehead atoms. The summed E-state index contributed by atoms with van der Waals surface area (Å²) in [7, 11) is -4.96. The molecule has 0 spiro atoms. The van der Waals surface area contributed by atoms with E-state index in [2.05, 4.69) is 26.2 Å². The van der Waals surface area contributed by atoms with Crippen molar-refractivity contribution in [2.45, 2.75) is 39.9 Å². The Labute approximate surface area is 112 Å². The molecule has 0 aliphatic carbocycles. The molecule has 0 amide bonds. The van der Waals surface area contributed by atoms with Gasteiger partial charge < -0.3 is 13.5 Å². The highest BCUT2D eigenvalue weighted by Gasteiger charge is 2.29. The van der Waals surface area contributed by atoms with Gasteiger partial charge in [-0.3, -0.25) is 4.57 Å². The smallest absolute Gasteiger partial charge is 0.360 e. The van der Waals surface area contributed by atoms with Gasteiger partial charge in [-0.1, -0.05) is 6.08 Å². The molecule has 0 rings (SSSR count). The van der Waals surface area contributed by atoms with Crippen LogP contribution in [0.4, 0.5) is 0 Å². The number of allylic oxidation sites excluding steroid dienone is 2. The van der Waals surface area contributed by atoms with Gasteiger partial charge in [0.05, 0.1) is 24.8 Å². The minimum atomic E-state index is -3.24. The second-order valence-electron chi connectivity index (χ2n) is 4.67. The summed E-state index contributed by atoms with van der Waals surface area (Å²) in [4.78, 5) is 0. The predicted octanol–water partition coefficient (Wildman–Crippen LogP) is 4.52. The van der Waals surface area contributed by atoms with Crippen LogP contribution in [0.1, 0.15) is 20.3 Å². The Kier molecular flexibility index (Phi) is 7.79. The van der Waals surface area contributed by atoms with Crippen LogP contribution in [0.3, 0.4) is 0 Å². The van der Waals surface area contributed by atoms with E-state index in [0.29, 0.717) is 24.9 Å². The van der Waals surface area contributed by atoms with E-state index in [4.69, 9.17) is 13.5 Å². The molecule has 0 saturated heterocycles. The van der Waals surface area contributed by atoms with Crippen LogP contribution >= 0.6 is 7.60 Å². The van der Waals surface area contributed by atoms with Gasteiger partial charge in [0.15, 0.2) is 0 Å². The zero-order valence-corrected chi connectivity index (χ0v) is 14.0. The molecule has 0 aliphatic heterocycles. The Balaban J connectivity index is 5.14. The van der Waals surface area contributed by atoms with E-state index in [9.17, 15) is 4.57 Å². The van der Waals surface area contributed by atoms with Crippen molar-refractivity contribution in [3.63, 3.8) is 0 Å². The molecule has 0 aromatic rings. The van der Waals surface area contributed by atoms with Crippen LogP contribution in [-0.2, 0) is 18.0 Å². The highest BCUT2D eigenvalue weighted by Crippen LogP contribution is 2.57. The predicted molar refractivity (Wildman–Crippen MR) is 78.2 cm³/mol. The lowest BCUT2D eigenvalue weighted by molar-refractivity contribution is 0.225. The number of rotatable bonds is 9. The molecule has 0 fully saturated rings. The molecule has 0 atom stereocenters. The van der Waals surface area contributed by atoms with E-state index in [-0.39, 0.29) is 0 Å². The maximum Gasteiger partial charge on any atom is 0.360 e. The maximum atomic E-state index is 12.6. The van der Waals surface area contributed by atoms with Crippen molar-refractivity contribution < 1.29 is 18.0 Å². The van der Waals surface area contributed by atoms with E-state index in [1.165, 1.54) is 0 Å². The van der Waals surface area contributed by atoms with Gasteiger partial charge >= 0.3 is 7.60 Å². The lowest BCUT2D eigenvalue weighted by Crippen LogP contribution is -2.22. The van der Waals surface area contributed by atoms with E-state index in [1.807, 2.05) is 0 Å². The van der Waals surface area contributed by atoms with Crippen molar-refractivity contribution >= 4 is 15.9 Å². The normalized spacial score (nSPS) is 13.5. The molecular formula is C12H25O4PSi. The van der Waals surface area contributed by atoms with E-state index < -0.39 is 15.9 Å². The standard InChI is InChI=1S/C12H25O4PSi/c1-7-10-12(11-16-18(4,5)6)17(13,14-8-2)15-9-3/h7,11H,1,8-10H2,2-6H3/b12-11+. The second-order valence-corrected chi connectivity index (χ2v) is 11.2. The summed E-state index contributed by atoms with van der Waals surface area (Å²) < 4.78 is 28.9. The summed E-state index contributed by atoms with van der Waals surface area (Å²) >= 11 is 0. The molecule has 0 unspecified atom stereocenters. The monoisotopic (exact) mass is 292 g/mol. The highest BCUT2D eigenvalue weighted by atomic mass is 31.2. The maximum absolute atomic E-state index is 12.6. The van der Waals surface area contributed by atoms with Gasteiger partial charge in [0.1, 0.15) is 0 Å². The SMILES string of the molecule is C=CC/C(=C\O[Si](C)(C)C)P(=O)(OCC)OCC. The van der Waals surface area contributed by atoms with Gasteiger partial charge in [-0.15, -0.1) is 6.58 Å². The summed E-state index contributed by atoms with van der Waals surface area (Å²) in [5.74, 6) is 0. The first-order valence-electron chi connectivity index (χ1n) is 6.16. The molecule has 4 nitrogen and oxygen atoms in total. The Morgan fingerprint density at radius 2 is 1.72 bits per heavy atom. The van der Waals surface area contributed by atoms with Crippen LogP contribution in [0, 0.1) is 0 Å². The van der Waals surface area contributed by atoms with Crippen molar-refractivity contribution in [1.82, 2.24) is 0 Å². The van der Waals surface area contributed by atoms with Gasteiger partial charge in [-0.2, -0.15) is 0 Å². The largest absolute Gasteiger partial charge is 0.549 e. The molecule has 0 aliphatic rings. The Morgan fingerprint density at radius 3 is 2.06 bits per heavy atom. The highest BCUT2D eigenvalue weighted by molar-refractivity contribution is 7.58. The van der Waals surface area contributed by atoms with Gasteiger partial charge in [-0.05, 0) is 33.5 Å². The summed E-state index contributed by atoms with van der Waals surface area (Å²) in [5.41, 5.74) is 0. The molecule has 18 heavy (non-hydrogen) atoms. The molecule has 0 aromatic heterocycles. The molecule has 0 N–H and O–H groups in total. The van der Waals surface area contributed by atoms with Crippen LogP contribution < -0.4 is 0 Å². The van der Waals surface area contributed by atoms with Crippen molar-refractivity contribution in [3.05, 3.63) is 24.2 Å². The van der Waals surface area contributed by atoms with E-state index in [1.54, 1.807) is 26.2 Å². The summed E-state index contributed by atoms with van der Waals surface area (Å²) in [6.07, 6.45) is 3.64. The van der Waals surface area contributed by atoms with Gasteiger partial charge in [0.25, 0.3) is 0 Å². The first-order valence-corrected chi connectivity index (χ1v) is 11.1. The molecule has 6 heteroatoms. The fourth-order valence-corrected chi connectivity index (χ4v) is 3.38. The fourth-order valence-electron chi connectivity index (χ4n) is 1.16. The second kappa shape index (κ2) is 7.95. The number of hydrogen-bond acceptors (Lipinski definition) is 4. The van der Waals surface area contributed by atoms with Crippen molar-refractivity contribution in [1.29, 1.82) is 0 Å². The average molecular weight is 292 g/mol.